The topological polar surface area (TPSA) is 0 Å². The van der Waals surface area contributed by atoms with E-state index in [2.05, 4.69) is 42.9 Å². The van der Waals surface area contributed by atoms with Crippen LogP contribution in [0.5, 0.6) is 0 Å². The van der Waals surface area contributed by atoms with Crippen LogP contribution in [0.25, 0.3) is 11.0 Å². The Labute approximate surface area is 76.0 Å². The molecule has 12 heavy (non-hydrogen) atoms. The molecule has 0 spiro atoms. The van der Waals surface area contributed by atoms with Gasteiger partial charge in [0, 0.05) is 22.5 Å². The Balaban J connectivity index is 2.74. The van der Waals surface area contributed by atoms with Gasteiger partial charge < -0.3 is 0 Å². The highest BCUT2D eigenvalue weighted by atomic mass is 32.2. The van der Waals surface area contributed by atoms with E-state index in [1.54, 1.807) is 4.91 Å². The molecule has 1 aromatic carbocycles. The van der Waals surface area contributed by atoms with Crippen LogP contribution >= 0.6 is 0 Å². The van der Waals surface area contributed by atoms with Gasteiger partial charge in [-0.3, -0.25) is 0 Å². The predicted octanol–water partition coefficient (Wildman–Crippen LogP) is 0.857. The molecule has 1 aliphatic rings. The fourth-order valence-electron chi connectivity index (χ4n) is 1.63. The highest BCUT2D eigenvalue weighted by Crippen LogP contribution is 2.12. The van der Waals surface area contributed by atoms with Crippen molar-refractivity contribution in [2.75, 3.05) is 12.5 Å². The van der Waals surface area contributed by atoms with Crippen molar-refractivity contribution in [3.63, 3.8) is 0 Å². The van der Waals surface area contributed by atoms with Gasteiger partial charge in [-0.25, -0.2) is 0 Å². The second-order valence-corrected chi connectivity index (χ2v) is 5.36. The van der Waals surface area contributed by atoms with Crippen molar-refractivity contribution in [1.82, 2.24) is 0 Å². The lowest BCUT2D eigenvalue weighted by Gasteiger charge is -1.94. The fourth-order valence-corrected chi connectivity index (χ4v) is 2.67. The summed E-state index contributed by atoms with van der Waals surface area (Å²) in [6.45, 7) is 0. The maximum Gasteiger partial charge on any atom is 0.142 e. The molecule has 0 amide bonds. The lowest BCUT2D eigenvalue weighted by Crippen LogP contribution is -2.23. The maximum atomic E-state index is 2.33. The van der Waals surface area contributed by atoms with Gasteiger partial charge in [0.15, 0.2) is 0 Å². The standard InChI is InChI=1S/C11H13S/c1-12(2)11-8-7-9-5-3-4-6-10(9)11/h3-7H,8H2,1-2H3/q+1. The number of benzene rings is 1. The molecular weight excluding hydrogens is 164 g/mol. The molecular formula is C11H13S+. The van der Waals surface area contributed by atoms with E-state index in [1.165, 1.54) is 10.4 Å². The first-order chi connectivity index (χ1) is 5.79. The van der Waals surface area contributed by atoms with Crippen LogP contribution in [-0.4, -0.2) is 12.5 Å². The van der Waals surface area contributed by atoms with Crippen molar-refractivity contribution in [3.8, 4) is 0 Å². The van der Waals surface area contributed by atoms with Crippen LogP contribution in [0.1, 0.15) is 6.42 Å². The zero-order valence-corrected chi connectivity index (χ0v) is 8.32. The van der Waals surface area contributed by atoms with Gasteiger partial charge in [0.2, 0.25) is 0 Å². The lowest BCUT2D eigenvalue weighted by atomic mass is 10.3. The summed E-state index contributed by atoms with van der Waals surface area (Å²) in [7, 11) is 0.433. The Morgan fingerprint density at radius 1 is 1.17 bits per heavy atom. The molecule has 1 aliphatic carbocycles. The van der Waals surface area contributed by atoms with Gasteiger partial charge in [-0.2, -0.15) is 0 Å². The molecule has 0 aliphatic heterocycles. The first-order valence-corrected chi connectivity index (χ1v) is 6.19. The van der Waals surface area contributed by atoms with Crippen molar-refractivity contribution >= 4 is 21.9 Å². The van der Waals surface area contributed by atoms with Crippen LogP contribution in [0.15, 0.2) is 24.3 Å². The molecule has 1 heteroatoms. The summed E-state index contributed by atoms with van der Waals surface area (Å²) in [5.74, 6) is 0. The van der Waals surface area contributed by atoms with Crippen molar-refractivity contribution < 1.29 is 0 Å². The Kier molecular flexibility index (Phi) is 1.97. The van der Waals surface area contributed by atoms with E-state index in [0.717, 1.165) is 6.42 Å². The van der Waals surface area contributed by atoms with Crippen LogP contribution in [0.3, 0.4) is 0 Å². The molecule has 1 aromatic rings. The van der Waals surface area contributed by atoms with Gasteiger partial charge in [0.1, 0.15) is 17.4 Å². The fraction of sp³-hybridized carbons (Fsp3) is 0.273. The van der Waals surface area contributed by atoms with Crippen LogP contribution in [-0.2, 0) is 10.9 Å². The molecule has 0 aromatic heterocycles. The van der Waals surface area contributed by atoms with E-state index < -0.39 is 0 Å². The Hall–Kier alpha value is -0.690. The number of hydrogen-bond donors (Lipinski definition) is 0. The molecule has 0 heterocycles. The highest BCUT2D eigenvalue weighted by Gasteiger charge is 2.15. The molecule has 0 saturated carbocycles. The minimum absolute atomic E-state index is 0.433. The molecule has 0 atom stereocenters. The smallest absolute Gasteiger partial charge is 0.0677 e. The minimum Gasteiger partial charge on any atom is -0.0677 e. The Morgan fingerprint density at radius 2 is 1.92 bits per heavy atom. The van der Waals surface area contributed by atoms with Gasteiger partial charge >= 0.3 is 0 Å². The summed E-state index contributed by atoms with van der Waals surface area (Å²) >= 11 is 0. The monoisotopic (exact) mass is 177 g/mol. The molecule has 0 N–H and O–H groups in total. The highest BCUT2D eigenvalue weighted by molar-refractivity contribution is 8.04. The van der Waals surface area contributed by atoms with E-state index >= 15 is 0 Å². The maximum absolute atomic E-state index is 2.33. The number of fused-ring (bicyclic) bond motifs is 1. The molecule has 0 radical (unpaired) electrons. The molecule has 0 saturated heterocycles. The SMILES string of the molecule is C[S+](C)C1=c2ccccc2=CC1. The van der Waals surface area contributed by atoms with Crippen molar-refractivity contribution in [3.05, 3.63) is 34.7 Å². The van der Waals surface area contributed by atoms with Crippen molar-refractivity contribution in [2.45, 2.75) is 6.42 Å². The molecule has 0 nitrogen and oxygen atoms in total. The number of hydrogen-bond acceptors (Lipinski definition) is 0. The third kappa shape index (κ3) is 1.18. The van der Waals surface area contributed by atoms with Crippen LogP contribution in [0.2, 0.25) is 0 Å². The first kappa shape index (κ1) is 7.93. The van der Waals surface area contributed by atoms with Crippen LogP contribution < -0.4 is 10.4 Å². The van der Waals surface area contributed by atoms with E-state index in [0.29, 0.717) is 10.9 Å². The second kappa shape index (κ2) is 2.98. The van der Waals surface area contributed by atoms with Crippen molar-refractivity contribution in [2.24, 2.45) is 0 Å². The summed E-state index contributed by atoms with van der Waals surface area (Å²) in [5, 5.41) is 2.90. The summed E-state index contributed by atoms with van der Waals surface area (Å²) in [6.07, 6.45) is 8.09. The third-order valence-electron chi connectivity index (χ3n) is 2.26. The Morgan fingerprint density at radius 3 is 2.67 bits per heavy atom. The average molecular weight is 177 g/mol. The zero-order valence-electron chi connectivity index (χ0n) is 7.50. The summed E-state index contributed by atoms with van der Waals surface area (Å²) in [4.78, 5) is 1.62. The summed E-state index contributed by atoms with van der Waals surface area (Å²) in [5.41, 5.74) is 0. The molecule has 0 unspecified atom stereocenters. The largest absolute Gasteiger partial charge is 0.142 e. The van der Waals surface area contributed by atoms with Gasteiger partial charge in [-0.05, 0) is 11.3 Å². The van der Waals surface area contributed by atoms with E-state index in [1.807, 2.05) is 0 Å². The van der Waals surface area contributed by atoms with Crippen LogP contribution in [0, 0.1) is 0 Å². The Bertz CT molecular complexity index is 401. The molecule has 0 fully saturated rings. The van der Waals surface area contributed by atoms with Gasteiger partial charge in [-0.15, -0.1) is 0 Å². The van der Waals surface area contributed by atoms with Gasteiger partial charge in [0.05, 0.1) is 0 Å². The lowest BCUT2D eigenvalue weighted by molar-refractivity contribution is 1.54. The molecule has 0 bridgehead atoms. The summed E-state index contributed by atoms with van der Waals surface area (Å²) < 4.78 is 0. The predicted molar refractivity (Wildman–Crippen MR) is 57.4 cm³/mol. The van der Waals surface area contributed by atoms with Gasteiger partial charge in [0.25, 0.3) is 0 Å². The normalized spacial score (nSPS) is 14.8. The molecule has 62 valence electrons. The van der Waals surface area contributed by atoms with Crippen molar-refractivity contribution in [1.29, 1.82) is 0 Å². The van der Waals surface area contributed by atoms with Gasteiger partial charge in [-0.1, -0.05) is 24.3 Å². The zero-order chi connectivity index (χ0) is 8.55. The average Bonchev–Trinajstić information content (AvgIpc) is 2.47. The van der Waals surface area contributed by atoms with E-state index in [4.69, 9.17) is 0 Å². The second-order valence-electron chi connectivity index (χ2n) is 3.24. The van der Waals surface area contributed by atoms with Crippen LogP contribution in [0.4, 0.5) is 0 Å². The van der Waals surface area contributed by atoms with E-state index in [-0.39, 0.29) is 0 Å². The van der Waals surface area contributed by atoms with E-state index in [9.17, 15) is 0 Å². The molecule has 2 rings (SSSR count). The first-order valence-electron chi connectivity index (χ1n) is 4.15. The quantitative estimate of drug-likeness (QED) is 0.558. The number of rotatable bonds is 1. The minimum atomic E-state index is 0.433. The summed E-state index contributed by atoms with van der Waals surface area (Å²) in [6, 6.07) is 8.68. The third-order valence-corrected chi connectivity index (χ3v) is 3.63.